The first-order valence-corrected chi connectivity index (χ1v) is 13.6. The molecule has 2 fully saturated rings. The second kappa shape index (κ2) is 11.2. The van der Waals surface area contributed by atoms with Gasteiger partial charge in [0.1, 0.15) is 12.2 Å². The number of likely N-dealkylation sites (tertiary alicyclic amines) is 1. The Morgan fingerprint density at radius 3 is 2.63 bits per heavy atom. The van der Waals surface area contributed by atoms with Crippen molar-refractivity contribution in [3.05, 3.63) is 95.2 Å². The lowest BCUT2D eigenvalue weighted by atomic mass is 10.1. The minimum Gasteiger partial charge on any atom is -0.475 e. The molecule has 212 valence electrons. The normalized spacial score (nSPS) is 23.0. The monoisotopic (exact) mass is 561 g/mol. The number of rotatable bonds is 3. The number of benzene rings is 2. The lowest BCUT2D eigenvalue weighted by Crippen LogP contribution is -2.61. The third-order valence-corrected chi connectivity index (χ3v) is 7.90. The lowest BCUT2D eigenvalue weighted by Gasteiger charge is -2.43. The highest BCUT2D eigenvalue weighted by atomic mass is 19.2. The van der Waals surface area contributed by atoms with Gasteiger partial charge in [0.25, 0.3) is 11.8 Å². The van der Waals surface area contributed by atoms with Crippen LogP contribution in [-0.4, -0.2) is 88.3 Å². The Labute approximate surface area is 235 Å². The van der Waals surface area contributed by atoms with Gasteiger partial charge >= 0.3 is 0 Å². The SMILES string of the molecule is O=C1N[C@@H]2C[C@@H](C(=O)N3CCN(C(=O)c4ccccc4)C[C@H]3COc3ncccc31)N(Cc1ccc(F)c(F)c1)C2. The van der Waals surface area contributed by atoms with Crippen LogP contribution in [0, 0.1) is 11.6 Å². The Hall–Kier alpha value is -4.38. The first kappa shape index (κ1) is 26.8. The quantitative estimate of drug-likeness (QED) is 0.528. The van der Waals surface area contributed by atoms with E-state index in [9.17, 15) is 23.2 Å². The second-order valence-electron chi connectivity index (χ2n) is 10.6. The molecule has 2 saturated heterocycles. The zero-order valence-corrected chi connectivity index (χ0v) is 22.2. The molecule has 3 atom stereocenters. The van der Waals surface area contributed by atoms with Crippen molar-refractivity contribution in [1.29, 1.82) is 0 Å². The van der Waals surface area contributed by atoms with E-state index in [2.05, 4.69) is 10.3 Å². The Bertz CT molecular complexity index is 1470. The number of nitrogens with one attached hydrogen (secondary N) is 1. The number of nitrogens with zero attached hydrogens (tertiary/aromatic N) is 4. The van der Waals surface area contributed by atoms with Crippen molar-refractivity contribution in [2.75, 3.05) is 32.8 Å². The molecule has 41 heavy (non-hydrogen) atoms. The highest BCUT2D eigenvalue weighted by Gasteiger charge is 2.43. The fraction of sp³-hybridized carbons (Fsp3) is 0.333. The van der Waals surface area contributed by atoms with Gasteiger partial charge in [0.05, 0.1) is 12.1 Å². The number of amides is 3. The van der Waals surface area contributed by atoms with Gasteiger partial charge in [-0.25, -0.2) is 13.8 Å². The first-order chi connectivity index (χ1) is 19.9. The highest BCUT2D eigenvalue weighted by molar-refractivity contribution is 5.97. The predicted molar refractivity (Wildman–Crippen MR) is 144 cm³/mol. The van der Waals surface area contributed by atoms with Crippen LogP contribution in [0.2, 0.25) is 0 Å². The minimum absolute atomic E-state index is 0.0287. The summed E-state index contributed by atoms with van der Waals surface area (Å²) < 4.78 is 33.6. The van der Waals surface area contributed by atoms with Gasteiger partial charge in [-0.3, -0.25) is 19.3 Å². The second-order valence-corrected chi connectivity index (χ2v) is 10.6. The fourth-order valence-electron chi connectivity index (χ4n) is 5.86. The average Bonchev–Trinajstić information content (AvgIpc) is 3.38. The van der Waals surface area contributed by atoms with E-state index in [-0.39, 0.29) is 54.9 Å². The zero-order valence-electron chi connectivity index (χ0n) is 22.2. The third kappa shape index (κ3) is 5.49. The van der Waals surface area contributed by atoms with Crippen LogP contribution < -0.4 is 10.1 Å². The zero-order chi connectivity index (χ0) is 28.5. The average molecular weight is 562 g/mol. The molecular weight excluding hydrogens is 532 g/mol. The van der Waals surface area contributed by atoms with Crippen molar-refractivity contribution in [3.8, 4) is 5.88 Å². The molecule has 0 aliphatic carbocycles. The molecule has 0 unspecified atom stereocenters. The summed E-state index contributed by atoms with van der Waals surface area (Å²) in [6.45, 7) is 1.46. The van der Waals surface area contributed by atoms with Gasteiger partial charge in [0.2, 0.25) is 11.8 Å². The summed E-state index contributed by atoms with van der Waals surface area (Å²) in [6, 6.07) is 14.5. The van der Waals surface area contributed by atoms with Crippen LogP contribution in [0.1, 0.15) is 32.7 Å². The van der Waals surface area contributed by atoms with Crippen LogP contribution in [-0.2, 0) is 11.3 Å². The number of hydrogen-bond acceptors (Lipinski definition) is 6. The summed E-state index contributed by atoms with van der Waals surface area (Å²) in [4.78, 5) is 50.2. The molecule has 9 nitrogen and oxygen atoms in total. The van der Waals surface area contributed by atoms with Crippen LogP contribution >= 0.6 is 0 Å². The van der Waals surface area contributed by atoms with Crippen molar-refractivity contribution in [2.24, 2.45) is 0 Å². The van der Waals surface area contributed by atoms with Gasteiger partial charge < -0.3 is 19.9 Å². The predicted octanol–water partition coefficient (Wildman–Crippen LogP) is 2.48. The van der Waals surface area contributed by atoms with E-state index >= 15 is 0 Å². The minimum atomic E-state index is -0.958. The van der Waals surface area contributed by atoms with E-state index in [0.29, 0.717) is 37.2 Å². The van der Waals surface area contributed by atoms with E-state index in [1.54, 1.807) is 46.2 Å². The van der Waals surface area contributed by atoms with Crippen LogP contribution in [0.3, 0.4) is 0 Å². The topological polar surface area (TPSA) is 95.1 Å². The summed E-state index contributed by atoms with van der Waals surface area (Å²) in [5.74, 6) is -2.42. The molecule has 0 radical (unpaired) electrons. The number of aromatic nitrogens is 1. The van der Waals surface area contributed by atoms with Gasteiger partial charge in [0, 0.05) is 50.5 Å². The molecular formula is C30H29F2N5O4. The maximum Gasteiger partial charge on any atom is 0.257 e. The van der Waals surface area contributed by atoms with Gasteiger partial charge in [-0.2, -0.15) is 0 Å². The Morgan fingerprint density at radius 1 is 1.00 bits per heavy atom. The summed E-state index contributed by atoms with van der Waals surface area (Å²) in [5.41, 5.74) is 1.35. The smallest absolute Gasteiger partial charge is 0.257 e. The van der Waals surface area contributed by atoms with Crippen molar-refractivity contribution in [1.82, 2.24) is 25.0 Å². The number of fused-ring (bicyclic) bond motifs is 4. The number of pyridine rings is 1. The van der Waals surface area contributed by atoms with Crippen molar-refractivity contribution in [2.45, 2.75) is 31.1 Å². The van der Waals surface area contributed by atoms with E-state index in [1.165, 1.54) is 12.3 Å². The molecule has 4 heterocycles. The van der Waals surface area contributed by atoms with Gasteiger partial charge in [0.15, 0.2) is 11.6 Å². The molecule has 1 aromatic heterocycles. The first-order valence-electron chi connectivity index (χ1n) is 13.6. The summed E-state index contributed by atoms with van der Waals surface area (Å²) in [5, 5.41) is 2.99. The molecule has 2 bridgehead atoms. The fourth-order valence-corrected chi connectivity index (χ4v) is 5.86. The number of carbonyl (C=O) groups excluding carboxylic acids is 3. The number of hydrogen-bond donors (Lipinski definition) is 1. The summed E-state index contributed by atoms with van der Waals surface area (Å²) in [7, 11) is 0. The van der Waals surface area contributed by atoms with E-state index in [4.69, 9.17) is 4.74 Å². The van der Waals surface area contributed by atoms with Gasteiger partial charge in [-0.05, 0) is 48.4 Å². The van der Waals surface area contributed by atoms with E-state index in [0.717, 1.165) is 12.1 Å². The summed E-state index contributed by atoms with van der Waals surface area (Å²) >= 11 is 0. The Balaban J connectivity index is 1.31. The molecule has 3 aliphatic rings. The molecule has 6 rings (SSSR count). The van der Waals surface area contributed by atoms with Crippen LogP contribution in [0.5, 0.6) is 5.88 Å². The Kier molecular flexibility index (Phi) is 7.36. The highest BCUT2D eigenvalue weighted by Crippen LogP contribution is 2.27. The van der Waals surface area contributed by atoms with Crippen molar-refractivity contribution >= 4 is 17.7 Å². The van der Waals surface area contributed by atoms with E-state index in [1.807, 2.05) is 11.0 Å². The molecule has 3 amide bonds. The van der Waals surface area contributed by atoms with Crippen LogP contribution in [0.4, 0.5) is 8.78 Å². The molecule has 1 N–H and O–H groups in total. The number of carbonyl (C=O) groups is 3. The van der Waals surface area contributed by atoms with Gasteiger partial charge in [-0.1, -0.05) is 24.3 Å². The van der Waals surface area contributed by atoms with Crippen molar-refractivity contribution < 1.29 is 27.9 Å². The molecule has 3 aliphatic heterocycles. The standard InChI is InChI=1S/C30H29F2N5O4/c31-24-9-8-19(13-25(24)32)15-36-16-21-14-26(36)30(40)37-12-11-35(29(39)20-5-2-1-3-6-20)17-22(37)18-41-28-23(27(38)34-21)7-4-10-33-28/h1-10,13,21-22,26H,11-12,14-18H2,(H,34,38)/t21-,22+,26+/m1/s1. The summed E-state index contributed by atoms with van der Waals surface area (Å²) in [6.07, 6.45) is 1.88. The Morgan fingerprint density at radius 2 is 1.83 bits per heavy atom. The number of ether oxygens (including phenoxy) is 1. The molecule has 3 aromatic rings. The lowest BCUT2D eigenvalue weighted by molar-refractivity contribution is -0.141. The van der Waals surface area contributed by atoms with Crippen LogP contribution in [0.25, 0.3) is 0 Å². The largest absolute Gasteiger partial charge is 0.475 e. The molecule has 0 saturated carbocycles. The number of halogens is 2. The van der Waals surface area contributed by atoms with Crippen molar-refractivity contribution in [3.63, 3.8) is 0 Å². The third-order valence-electron chi connectivity index (χ3n) is 7.90. The van der Waals surface area contributed by atoms with Gasteiger partial charge in [-0.15, -0.1) is 0 Å². The molecule has 11 heteroatoms. The van der Waals surface area contributed by atoms with Crippen LogP contribution in [0.15, 0.2) is 66.9 Å². The maximum absolute atomic E-state index is 14.1. The maximum atomic E-state index is 14.1. The number of piperazine rings is 1. The molecule has 0 spiro atoms. The molecule has 2 aromatic carbocycles. The van der Waals surface area contributed by atoms with E-state index < -0.39 is 23.7 Å².